The van der Waals surface area contributed by atoms with Crippen LogP contribution in [0.2, 0.25) is 0 Å². The molecular formula is C19H32Na2O6. The fraction of sp³-hybridized carbons (Fsp3) is 0.895. The number of ether oxygens (including phenoxy) is 2. The normalized spacial score (nSPS) is 20.5. The number of carbonyl (C=O) groups is 2. The Kier molecular flexibility index (Phi) is 18.5. The van der Waals surface area contributed by atoms with Crippen LogP contribution >= 0.6 is 0 Å². The molecule has 27 heavy (non-hydrogen) atoms. The minimum Gasteiger partial charge on any atom is -0.547 e. The molecule has 0 bridgehead atoms. The van der Waals surface area contributed by atoms with Gasteiger partial charge in [0.25, 0.3) is 0 Å². The van der Waals surface area contributed by atoms with E-state index in [9.17, 15) is 19.8 Å². The zero-order valence-corrected chi connectivity index (χ0v) is 21.6. The molecule has 0 radical (unpaired) electrons. The Morgan fingerprint density at radius 3 is 1.41 bits per heavy atom. The maximum Gasteiger partial charge on any atom is 1.00 e. The summed E-state index contributed by atoms with van der Waals surface area (Å²) < 4.78 is 10.5. The van der Waals surface area contributed by atoms with Gasteiger partial charge in [-0.15, -0.1) is 0 Å². The summed E-state index contributed by atoms with van der Waals surface area (Å²) >= 11 is 0. The number of carbonyl (C=O) groups excluding carboxylic acids is 2. The average molecular weight is 402 g/mol. The minimum absolute atomic E-state index is 0. The average Bonchev–Trinajstić information content (AvgIpc) is 2.91. The van der Waals surface area contributed by atoms with Crippen LogP contribution in [0.5, 0.6) is 0 Å². The molecule has 0 saturated carbocycles. The largest absolute Gasteiger partial charge is 1.00 e. The van der Waals surface area contributed by atoms with Gasteiger partial charge in [0.2, 0.25) is 0 Å². The maximum atomic E-state index is 11.0. The van der Waals surface area contributed by atoms with Crippen molar-refractivity contribution in [2.75, 3.05) is 0 Å². The number of hydrogen-bond donors (Lipinski definition) is 0. The molecule has 6 nitrogen and oxygen atoms in total. The summed E-state index contributed by atoms with van der Waals surface area (Å²) in [7, 11) is 0. The monoisotopic (exact) mass is 402 g/mol. The number of carboxylic acid groups (broad SMARTS) is 2. The summed E-state index contributed by atoms with van der Waals surface area (Å²) in [6.07, 6.45) is 10.5. The molecule has 1 aliphatic heterocycles. The first-order chi connectivity index (χ1) is 11.9. The third-order valence-electron chi connectivity index (χ3n) is 4.73. The molecule has 1 saturated heterocycles. The fourth-order valence-corrected chi connectivity index (χ4v) is 3.26. The van der Waals surface area contributed by atoms with Gasteiger partial charge >= 0.3 is 59.1 Å². The Morgan fingerprint density at radius 1 is 0.741 bits per heavy atom. The van der Waals surface area contributed by atoms with E-state index in [1.807, 2.05) is 0 Å². The van der Waals surface area contributed by atoms with Gasteiger partial charge in [-0.25, -0.2) is 0 Å². The summed E-state index contributed by atoms with van der Waals surface area (Å²) in [4.78, 5) is 21.9. The van der Waals surface area contributed by atoms with Crippen LogP contribution in [-0.4, -0.2) is 29.9 Å². The molecule has 1 fully saturated rings. The van der Waals surface area contributed by atoms with Crippen LogP contribution in [-0.2, 0) is 19.1 Å². The molecule has 0 unspecified atom stereocenters. The molecule has 0 N–H and O–H groups in total. The van der Waals surface area contributed by atoms with E-state index in [1.165, 1.54) is 51.4 Å². The summed E-state index contributed by atoms with van der Waals surface area (Å²) in [5, 5.41) is 21.9. The maximum absolute atomic E-state index is 11.0. The van der Waals surface area contributed by atoms with Gasteiger partial charge in [-0.2, -0.15) is 0 Å². The Labute approximate surface area is 207 Å². The Balaban J connectivity index is 0. The van der Waals surface area contributed by atoms with E-state index in [-0.39, 0.29) is 59.1 Å². The van der Waals surface area contributed by atoms with Crippen LogP contribution in [0.25, 0.3) is 0 Å². The second kappa shape index (κ2) is 16.6. The molecule has 146 valence electrons. The van der Waals surface area contributed by atoms with Gasteiger partial charge in [0.15, 0.2) is 5.79 Å². The van der Waals surface area contributed by atoms with Gasteiger partial charge in [-0.3, -0.25) is 0 Å². The van der Waals surface area contributed by atoms with E-state index in [0.29, 0.717) is 6.42 Å². The van der Waals surface area contributed by atoms with Gasteiger partial charge < -0.3 is 29.3 Å². The molecule has 0 aliphatic carbocycles. The number of carboxylic acids is 2. The molecule has 0 amide bonds. The topological polar surface area (TPSA) is 98.7 Å². The Morgan fingerprint density at radius 2 is 1.07 bits per heavy atom. The third-order valence-corrected chi connectivity index (χ3v) is 4.73. The second-order valence-corrected chi connectivity index (χ2v) is 7.13. The van der Waals surface area contributed by atoms with Crippen molar-refractivity contribution in [3.8, 4) is 0 Å². The van der Waals surface area contributed by atoms with Crippen molar-refractivity contribution in [3.63, 3.8) is 0 Å². The van der Waals surface area contributed by atoms with Gasteiger partial charge in [0.1, 0.15) is 12.2 Å². The molecule has 1 heterocycles. The number of aliphatic carboxylic acids is 2. The number of hydrogen-bond acceptors (Lipinski definition) is 6. The summed E-state index contributed by atoms with van der Waals surface area (Å²) in [5.74, 6) is -4.37. The van der Waals surface area contributed by atoms with Crippen LogP contribution in [0.15, 0.2) is 0 Å². The van der Waals surface area contributed by atoms with Gasteiger partial charge in [0.05, 0.1) is 11.9 Å². The first-order valence-electron chi connectivity index (χ1n) is 9.67. The summed E-state index contributed by atoms with van der Waals surface area (Å²) in [5.41, 5.74) is 0. The standard InChI is InChI=1S/C19H34O6.2Na/c1-3-4-5-6-7-8-9-10-11-12-13-14-19(2)24-15(17(20)21)16(25-19)18(22)23;;/h15-16H,3-14H2,1-2H3,(H,20,21)(H,22,23);;/q;2*+1/p-2/t15-,16-;;/m1../s1. The zero-order chi connectivity index (χ0) is 18.7. The van der Waals surface area contributed by atoms with E-state index < -0.39 is 29.9 Å². The number of rotatable bonds is 14. The van der Waals surface area contributed by atoms with Crippen LogP contribution < -0.4 is 69.3 Å². The quantitative estimate of drug-likeness (QED) is 0.215. The van der Waals surface area contributed by atoms with Crippen molar-refractivity contribution in [2.24, 2.45) is 0 Å². The molecule has 1 rings (SSSR count). The molecule has 1 aliphatic rings. The van der Waals surface area contributed by atoms with Crippen molar-refractivity contribution in [1.82, 2.24) is 0 Å². The van der Waals surface area contributed by atoms with Crippen molar-refractivity contribution < 1.29 is 88.4 Å². The smallest absolute Gasteiger partial charge is 0.547 e. The van der Waals surface area contributed by atoms with E-state index in [2.05, 4.69) is 6.92 Å². The molecule has 0 aromatic heterocycles. The summed E-state index contributed by atoms with van der Waals surface area (Å²) in [6.45, 7) is 3.79. The van der Waals surface area contributed by atoms with E-state index >= 15 is 0 Å². The van der Waals surface area contributed by atoms with E-state index in [1.54, 1.807) is 6.92 Å². The van der Waals surface area contributed by atoms with Crippen molar-refractivity contribution in [3.05, 3.63) is 0 Å². The zero-order valence-electron chi connectivity index (χ0n) is 17.6. The van der Waals surface area contributed by atoms with Crippen molar-refractivity contribution in [1.29, 1.82) is 0 Å². The van der Waals surface area contributed by atoms with Crippen molar-refractivity contribution >= 4 is 11.9 Å². The van der Waals surface area contributed by atoms with Crippen LogP contribution in [0.1, 0.15) is 90.9 Å². The summed E-state index contributed by atoms with van der Waals surface area (Å²) in [6, 6.07) is 0. The molecule has 0 spiro atoms. The third kappa shape index (κ3) is 12.2. The Bertz CT molecular complexity index is 397. The Hall–Kier alpha value is 0.860. The predicted molar refractivity (Wildman–Crippen MR) is 89.2 cm³/mol. The van der Waals surface area contributed by atoms with E-state index in [4.69, 9.17) is 9.47 Å². The first kappa shape index (κ1) is 30.1. The van der Waals surface area contributed by atoms with Gasteiger partial charge in [-0.1, -0.05) is 71.1 Å². The molecular weight excluding hydrogens is 370 g/mol. The fourth-order valence-electron chi connectivity index (χ4n) is 3.26. The number of unbranched alkanes of at least 4 members (excludes halogenated alkanes) is 10. The molecule has 0 aromatic rings. The molecule has 2 atom stereocenters. The van der Waals surface area contributed by atoms with Crippen LogP contribution in [0, 0.1) is 0 Å². The van der Waals surface area contributed by atoms with Crippen LogP contribution in [0.4, 0.5) is 0 Å². The first-order valence-corrected chi connectivity index (χ1v) is 9.67. The van der Waals surface area contributed by atoms with Crippen LogP contribution in [0.3, 0.4) is 0 Å². The van der Waals surface area contributed by atoms with Gasteiger partial charge in [-0.05, 0) is 13.3 Å². The molecule has 8 heteroatoms. The SMILES string of the molecule is CCCCCCCCCCCCCC1(C)O[C@@H](C(=O)[O-])[C@H](C(=O)[O-])O1.[Na+].[Na+]. The predicted octanol–water partition coefficient (Wildman–Crippen LogP) is -4.30. The molecule has 0 aromatic carbocycles. The minimum atomic E-state index is -1.61. The second-order valence-electron chi connectivity index (χ2n) is 7.13. The van der Waals surface area contributed by atoms with E-state index in [0.717, 1.165) is 19.3 Å². The van der Waals surface area contributed by atoms with Gasteiger partial charge in [0, 0.05) is 6.42 Å². The van der Waals surface area contributed by atoms with Crippen molar-refractivity contribution in [2.45, 2.75) is 109 Å².